The molecule has 17 heavy (non-hydrogen) atoms. The Morgan fingerprint density at radius 2 is 2.00 bits per heavy atom. The van der Waals surface area contributed by atoms with Crippen molar-refractivity contribution in [2.24, 2.45) is 0 Å². The summed E-state index contributed by atoms with van der Waals surface area (Å²) in [5.41, 5.74) is 1.23. The number of rotatable bonds is 3. The van der Waals surface area contributed by atoms with Crippen LogP contribution in [0.5, 0.6) is 0 Å². The van der Waals surface area contributed by atoms with Gasteiger partial charge in [-0.15, -0.1) is 11.3 Å². The molecule has 0 bridgehead atoms. The summed E-state index contributed by atoms with van der Waals surface area (Å²) in [5, 5.41) is 11.9. The molecule has 1 aromatic carbocycles. The average Bonchev–Trinajstić information content (AvgIpc) is 3.02. The second-order valence-electron chi connectivity index (χ2n) is 4.29. The summed E-state index contributed by atoms with van der Waals surface area (Å²) in [5.74, 6) is -0.744. The van der Waals surface area contributed by atoms with Crippen LogP contribution in [-0.4, -0.2) is 16.1 Å². The zero-order valence-corrected chi connectivity index (χ0v) is 9.91. The molecule has 0 atom stereocenters. The number of aromatic nitrogens is 1. The lowest BCUT2D eigenvalue weighted by Crippen LogP contribution is -2.19. The number of nitrogens with zero attached hydrogens (tertiary/aromatic N) is 1. The lowest BCUT2D eigenvalue weighted by Gasteiger charge is -2.03. The van der Waals surface area contributed by atoms with Crippen LogP contribution in [0, 0.1) is 0 Å². The largest absolute Gasteiger partial charge is 0.481 e. The highest BCUT2D eigenvalue weighted by molar-refractivity contribution is 7.10. The molecule has 4 heteroatoms. The Bertz CT molecular complexity index is 558. The fraction of sp³-hybridized carbons (Fsp3) is 0.231. The van der Waals surface area contributed by atoms with E-state index in [0.29, 0.717) is 12.8 Å². The highest BCUT2D eigenvalue weighted by Crippen LogP contribution is 2.49. The van der Waals surface area contributed by atoms with Crippen molar-refractivity contribution in [1.29, 1.82) is 0 Å². The summed E-state index contributed by atoms with van der Waals surface area (Å²) in [4.78, 5) is 15.7. The molecule has 0 aliphatic heterocycles. The van der Waals surface area contributed by atoms with Gasteiger partial charge < -0.3 is 5.11 Å². The molecule has 2 aromatic rings. The Hall–Kier alpha value is -1.68. The molecule has 3 nitrogen and oxygen atoms in total. The number of benzene rings is 1. The van der Waals surface area contributed by atoms with Crippen LogP contribution in [0.1, 0.15) is 17.8 Å². The minimum Gasteiger partial charge on any atom is -0.481 e. The lowest BCUT2D eigenvalue weighted by molar-refractivity contribution is -0.140. The van der Waals surface area contributed by atoms with Crippen molar-refractivity contribution in [2.75, 3.05) is 0 Å². The number of carboxylic acid groups (broad SMARTS) is 1. The average molecular weight is 245 g/mol. The van der Waals surface area contributed by atoms with Crippen molar-refractivity contribution in [3.05, 3.63) is 40.7 Å². The van der Waals surface area contributed by atoms with Crippen LogP contribution in [0.15, 0.2) is 35.7 Å². The molecule has 1 aliphatic carbocycles. The highest BCUT2D eigenvalue weighted by Gasteiger charge is 2.54. The minimum absolute atomic E-state index is 0.683. The molecular formula is C13H11NO2S. The van der Waals surface area contributed by atoms with Crippen LogP contribution in [0.2, 0.25) is 0 Å². The van der Waals surface area contributed by atoms with Crippen molar-refractivity contribution in [3.8, 4) is 11.3 Å². The van der Waals surface area contributed by atoms with E-state index >= 15 is 0 Å². The number of aliphatic carboxylic acids is 1. The summed E-state index contributed by atoms with van der Waals surface area (Å²) in [6.07, 6.45) is 1.42. The Balaban J connectivity index is 1.97. The monoisotopic (exact) mass is 245 g/mol. The maximum atomic E-state index is 11.2. The van der Waals surface area contributed by atoms with Gasteiger partial charge in [-0.05, 0) is 12.8 Å². The van der Waals surface area contributed by atoms with E-state index in [0.717, 1.165) is 16.3 Å². The van der Waals surface area contributed by atoms with Crippen LogP contribution >= 0.6 is 11.3 Å². The number of hydrogen-bond acceptors (Lipinski definition) is 3. The zero-order chi connectivity index (χ0) is 11.9. The summed E-state index contributed by atoms with van der Waals surface area (Å²) in [7, 11) is 0. The standard InChI is InChI=1S/C13H11NO2S/c15-12(16)13(6-7-13)11-14-10(8-17-11)9-4-2-1-3-5-9/h1-5,8H,6-7H2,(H,15,16). The fourth-order valence-electron chi connectivity index (χ4n) is 1.88. The van der Waals surface area contributed by atoms with Gasteiger partial charge in [-0.2, -0.15) is 0 Å². The third-order valence-electron chi connectivity index (χ3n) is 3.14. The second kappa shape index (κ2) is 3.67. The van der Waals surface area contributed by atoms with Gasteiger partial charge in [0.25, 0.3) is 0 Å². The maximum absolute atomic E-state index is 11.2. The first-order valence-electron chi connectivity index (χ1n) is 5.47. The van der Waals surface area contributed by atoms with Crippen molar-refractivity contribution in [3.63, 3.8) is 0 Å². The SMILES string of the molecule is O=C(O)C1(c2nc(-c3ccccc3)cs2)CC1. The van der Waals surface area contributed by atoms with Crippen LogP contribution < -0.4 is 0 Å². The van der Waals surface area contributed by atoms with Gasteiger partial charge in [-0.25, -0.2) is 4.98 Å². The second-order valence-corrected chi connectivity index (χ2v) is 5.15. The predicted molar refractivity (Wildman–Crippen MR) is 66.1 cm³/mol. The Morgan fingerprint density at radius 3 is 2.59 bits per heavy atom. The summed E-state index contributed by atoms with van der Waals surface area (Å²) in [6.45, 7) is 0. The van der Waals surface area contributed by atoms with E-state index in [1.165, 1.54) is 11.3 Å². The van der Waals surface area contributed by atoms with Gasteiger partial charge in [-0.1, -0.05) is 30.3 Å². The molecule has 1 fully saturated rings. The number of hydrogen-bond donors (Lipinski definition) is 1. The first-order valence-corrected chi connectivity index (χ1v) is 6.35. The molecule has 0 unspecified atom stereocenters. The van der Waals surface area contributed by atoms with Crippen LogP contribution in [0.25, 0.3) is 11.3 Å². The molecule has 0 radical (unpaired) electrons. The molecule has 0 saturated heterocycles. The highest BCUT2D eigenvalue weighted by atomic mass is 32.1. The number of carboxylic acids is 1. The predicted octanol–water partition coefficient (Wildman–Crippen LogP) is 2.93. The molecule has 1 aliphatic rings. The van der Waals surface area contributed by atoms with E-state index in [2.05, 4.69) is 4.98 Å². The Morgan fingerprint density at radius 1 is 1.29 bits per heavy atom. The Kier molecular flexibility index (Phi) is 2.26. The molecule has 1 heterocycles. The van der Waals surface area contributed by atoms with E-state index in [4.69, 9.17) is 0 Å². The van der Waals surface area contributed by atoms with Gasteiger partial charge in [0, 0.05) is 10.9 Å². The van der Waals surface area contributed by atoms with E-state index in [-0.39, 0.29) is 0 Å². The quantitative estimate of drug-likeness (QED) is 0.904. The van der Waals surface area contributed by atoms with Crippen molar-refractivity contribution >= 4 is 17.3 Å². The fourth-order valence-corrected chi connectivity index (χ4v) is 2.96. The summed E-state index contributed by atoms with van der Waals surface area (Å²) < 4.78 is 0. The van der Waals surface area contributed by atoms with E-state index in [9.17, 15) is 9.90 Å². The topological polar surface area (TPSA) is 50.2 Å². The number of carbonyl (C=O) groups is 1. The van der Waals surface area contributed by atoms with Crippen molar-refractivity contribution in [1.82, 2.24) is 4.98 Å². The van der Waals surface area contributed by atoms with Gasteiger partial charge in [0.2, 0.25) is 0 Å². The van der Waals surface area contributed by atoms with Gasteiger partial charge >= 0.3 is 5.97 Å². The molecule has 1 saturated carbocycles. The van der Waals surface area contributed by atoms with Crippen LogP contribution in [0.3, 0.4) is 0 Å². The van der Waals surface area contributed by atoms with Crippen molar-refractivity contribution in [2.45, 2.75) is 18.3 Å². The molecule has 1 aromatic heterocycles. The van der Waals surface area contributed by atoms with Gasteiger partial charge in [0.15, 0.2) is 0 Å². The molecule has 86 valence electrons. The van der Waals surface area contributed by atoms with E-state index in [1.807, 2.05) is 35.7 Å². The molecule has 1 N–H and O–H groups in total. The smallest absolute Gasteiger partial charge is 0.316 e. The summed E-state index contributed by atoms with van der Waals surface area (Å²) >= 11 is 1.45. The van der Waals surface area contributed by atoms with Gasteiger partial charge in [0.1, 0.15) is 10.4 Å². The Labute approximate surface area is 103 Å². The van der Waals surface area contributed by atoms with Gasteiger partial charge in [-0.3, -0.25) is 4.79 Å². The van der Waals surface area contributed by atoms with Crippen LogP contribution in [-0.2, 0) is 10.2 Å². The third kappa shape index (κ3) is 1.65. The molecule has 3 rings (SSSR count). The first-order chi connectivity index (χ1) is 8.22. The van der Waals surface area contributed by atoms with Gasteiger partial charge in [0.05, 0.1) is 5.69 Å². The van der Waals surface area contributed by atoms with E-state index in [1.54, 1.807) is 0 Å². The van der Waals surface area contributed by atoms with E-state index < -0.39 is 11.4 Å². The zero-order valence-electron chi connectivity index (χ0n) is 9.09. The lowest BCUT2D eigenvalue weighted by atomic mass is 10.1. The van der Waals surface area contributed by atoms with Crippen molar-refractivity contribution < 1.29 is 9.90 Å². The maximum Gasteiger partial charge on any atom is 0.316 e. The minimum atomic E-state index is -0.744. The molecule has 0 spiro atoms. The first kappa shape index (κ1) is 10.5. The molecular weight excluding hydrogens is 234 g/mol. The number of thiazole rings is 1. The third-order valence-corrected chi connectivity index (χ3v) is 4.19. The summed E-state index contributed by atoms with van der Waals surface area (Å²) in [6, 6.07) is 9.84. The normalized spacial score (nSPS) is 16.7. The van der Waals surface area contributed by atoms with Crippen LogP contribution in [0.4, 0.5) is 0 Å². The molecule has 0 amide bonds.